The summed E-state index contributed by atoms with van der Waals surface area (Å²) in [5.41, 5.74) is 2.16. The Kier molecular flexibility index (Phi) is 3.75. The molecule has 0 aromatic heterocycles. The highest BCUT2D eigenvalue weighted by molar-refractivity contribution is 5.89. The molecule has 0 radical (unpaired) electrons. The van der Waals surface area contributed by atoms with Gasteiger partial charge in [-0.05, 0) is 29.3 Å². The van der Waals surface area contributed by atoms with E-state index in [0.29, 0.717) is 18.7 Å². The molecule has 0 saturated heterocycles. The Hall–Kier alpha value is -2.53. The molecule has 0 bridgehead atoms. The van der Waals surface area contributed by atoms with Crippen molar-refractivity contribution in [1.82, 2.24) is 5.32 Å². The molecule has 1 aliphatic rings. The van der Waals surface area contributed by atoms with Gasteiger partial charge in [-0.25, -0.2) is 4.79 Å². The Bertz CT molecular complexity index is 669. The van der Waals surface area contributed by atoms with Crippen molar-refractivity contribution in [3.8, 4) is 11.5 Å². The van der Waals surface area contributed by atoms with Gasteiger partial charge in [0.15, 0.2) is 11.5 Å². The molecule has 2 aromatic carbocycles. The van der Waals surface area contributed by atoms with Crippen LogP contribution in [0, 0.1) is 0 Å². The van der Waals surface area contributed by atoms with Crippen LogP contribution in [-0.4, -0.2) is 17.9 Å². The molecule has 2 aromatic rings. The highest BCUT2D eigenvalue weighted by Gasteiger charge is 2.13. The van der Waals surface area contributed by atoms with Crippen LogP contribution in [0.5, 0.6) is 11.5 Å². The molecule has 0 atom stereocenters. The van der Waals surface area contributed by atoms with Gasteiger partial charge in [-0.15, -0.1) is 0 Å². The molecular formula is C16H15NO4. The Balaban J connectivity index is 1.63. The Labute approximate surface area is 122 Å². The van der Waals surface area contributed by atoms with E-state index in [0.717, 1.165) is 22.6 Å². The van der Waals surface area contributed by atoms with Gasteiger partial charge in [-0.2, -0.15) is 0 Å². The number of fused-ring (bicyclic) bond motifs is 1. The van der Waals surface area contributed by atoms with Gasteiger partial charge in [-0.1, -0.05) is 24.3 Å². The second kappa shape index (κ2) is 5.85. The van der Waals surface area contributed by atoms with Crippen molar-refractivity contribution in [2.75, 3.05) is 6.79 Å². The molecule has 2 N–H and O–H groups in total. The van der Waals surface area contributed by atoms with E-state index in [1.807, 2.05) is 30.3 Å². The Morgan fingerprint density at radius 3 is 2.76 bits per heavy atom. The molecule has 0 amide bonds. The lowest BCUT2D eigenvalue weighted by Gasteiger charge is -2.08. The van der Waals surface area contributed by atoms with Crippen LogP contribution in [0.2, 0.25) is 0 Å². The van der Waals surface area contributed by atoms with Crippen molar-refractivity contribution in [2.24, 2.45) is 0 Å². The molecule has 3 rings (SSSR count). The van der Waals surface area contributed by atoms with E-state index >= 15 is 0 Å². The van der Waals surface area contributed by atoms with Crippen LogP contribution in [0.3, 0.4) is 0 Å². The van der Waals surface area contributed by atoms with E-state index < -0.39 is 5.97 Å². The zero-order chi connectivity index (χ0) is 14.7. The number of benzene rings is 2. The highest BCUT2D eigenvalue weighted by Crippen LogP contribution is 2.32. The number of aromatic carboxylic acids is 1. The normalized spacial score (nSPS) is 12.4. The number of hydrogen-bond donors (Lipinski definition) is 2. The second-order valence-corrected chi connectivity index (χ2v) is 4.75. The third kappa shape index (κ3) is 2.98. The van der Waals surface area contributed by atoms with E-state index in [9.17, 15) is 4.79 Å². The van der Waals surface area contributed by atoms with Crippen LogP contribution >= 0.6 is 0 Å². The third-order valence-electron chi connectivity index (χ3n) is 3.33. The maximum absolute atomic E-state index is 11.1. The van der Waals surface area contributed by atoms with E-state index in [1.165, 1.54) is 0 Å². The van der Waals surface area contributed by atoms with Crippen molar-refractivity contribution >= 4 is 5.97 Å². The van der Waals surface area contributed by atoms with Crippen LogP contribution in [-0.2, 0) is 13.1 Å². The first-order valence-corrected chi connectivity index (χ1v) is 6.64. The standard InChI is InChI=1S/C16H15NO4/c18-16(19)13-4-2-1-3-12(13)9-17-8-11-5-6-14-15(7-11)21-10-20-14/h1-7,17H,8-10H2,(H,18,19). The van der Waals surface area contributed by atoms with Gasteiger partial charge in [-0.3, -0.25) is 0 Å². The largest absolute Gasteiger partial charge is 0.478 e. The molecule has 0 unspecified atom stereocenters. The van der Waals surface area contributed by atoms with Crippen molar-refractivity contribution in [2.45, 2.75) is 13.1 Å². The molecule has 0 spiro atoms. The van der Waals surface area contributed by atoms with Crippen LogP contribution < -0.4 is 14.8 Å². The summed E-state index contributed by atoms with van der Waals surface area (Å²) in [7, 11) is 0. The van der Waals surface area contributed by atoms with Gasteiger partial charge in [0.05, 0.1) is 5.56 Å². The summed E-state index contributed by atoms with van der Waals surface area (Å²) in [5.74, 6) is 0.602. The van der Waals surface area contributed by atoms with Crippen molar-refractivity contribution in [3.05, 3.63) is 59.2 Å². The summed E-state index contributed by atoms with van der Waals surface area (Å²) < 4.78 is 10.6. The van der Waals surface area contributed by atoms with E-state index in [4.69, 9.17) is 14.6 Å². The lowest BCUT2D eigenvalue weighted by atomic mass is 10.1. The number of hydrogen-bond acceptors (Lipinski definition) is 4. The number of nitrogens with one attached hydrogen (secondary N) is 1. The summed E-state index contributed by atoms with van der Waals surface area (Å²) in [6.45, 7) is 1.39. The number of carboxylic acid groups (broad SMARTS) is 1. The summed E-state index contributed by atoms with van der Waals surface area (Å²) in [6.07, 6.45) is 0. The predicted molar refractivity (Wildman–Crippen MR) is 76.5 cm³/mol. The quantitative estimate of drug-likeness (QED) is 0.883. The zero-order valence-electron chi connectivity index (χ0n) is 11.3. The molecule has 1 heterocycles. The number of rotatable bonds is 5. The van der Waals surface area contributed by atoms with Gasteiger partial charge in [0.2, 0.25) is 6.79 Å². The van der Waals surface area contributed by atoms with Crippen molar-refractivity contribution in [1.29, 1.82) is 0 Å². The van der Waals surface area contributed by atoms with Crippen LogP contribution in [0.25, 0.3) is 0 Å². The van der Waals surface area contributed by atoms with E-state index in [-0.39, 0.29) is 6.79 Å². The van der Waals surface area contributed by atoms with Gasteiger partial charge in [0.1, 0.15) is 0 Å². The van der Waals surface area contributed by atoms with E-state index in [2.05, 4.69) is 5.32 Å². The number of carboxylic acids is 1. The maximum atomic E-state index is 11.1. The second-order valence-electron chi connectivity index (χ2n) is 4.75. The predicted octanol–water partition coefficient (Wildman–Crippen LogP) is 2.40. The molecule has 21 heavy (non-hydrogen) atoms. The topological polar surface area (TPSA) is 67.8 Å². The molecule has 0 saturated carbocycles. The van der Waals surface area contributed by atoms with Gasteiger partial charge in [0, 0.05) is 13.1 Å². The Morgan fingerprint density at radius 2 is 1.90 bits per heavy atom. The fourth-order valence-corrected chi connectivity index (χ4v) is 2.28. The van der Waals surface area contributed by atoms with Crippen LogP contribution in [0.15, 0.2) is 42.5 Å². The molecular weight excluding hydrogens is 270 g/mol. The van der Waals surface area contributed by atoms with E-state index in [1.54, 1.807) is 12.1 Å². The van der Waals surface area contributed by atoms with Gasteiger partial charge >= 0.3 is 5.97 Å². The van der Waals surface area contributed by atoms with Crippen molar-refractivity contribution in [3.63, 3.8) is 0 Å². The lowest BCUT2D eigenvalue weighted by molar-refractivity contribution is 0.0695. The zero-order valence-corrected chi connectivity index (χ0v) is 11.3. The first-order valence-electron chi connectivity index (χ1n) is 6.64. The average molecular weight is 285 g/mol. The minimum absolute atomic E-state index is 0.262. The number of ether oxygens (including phenoxy) is 2. The van der Waals surface area contributed by atoms with Gasteiger partial charge in [0.25, 0.3) is 0 Å². The maximum Gasteiger partial charge on any atom is 0.336 e. The summed E-state index contributed by atoms with van der Waals surface area (Å²) in [5, 5.41) is 12.4. The highest BCUT2D eigenvalue weighted by atomic mass is 16.7. The monoisotopic (exact) mass is 285 g/mol. The first kappa shape index (κ1) is 13.5. The molecule has 1 aliphatic heterocycles. The van der Waals surface area contributed by atoms with Crippen LogP contribution in [0.1, 0.15) is 21.5 Å². The molecule has 0 fully saturated rings. The lowest BCUT2D eigenvalue weighted by Crippen LogP contribution is -2.15. The van der Waals surface area contributed by atoms with Crippen LogP contribution in [0.4, 0.5) is 0 Å². The minimum Gasteiger partial charge on any atom is -0.478 e. The minimum atomic E-state index is -0.907. The smallest absolute Gasteiger partial charge is 0.336 e. The fourth-order valence-electron chi connectivity index (χ4n) is 2.28. The Morgan fingerprint density at radius 1 is 1.10 bits per heavy atom. The summed E-state index contributed by atoms with van der Waals surface area (Å²) in [6, 6.07) is 12.8. The SMILES string of the molecule is O=C(O)c1ccccc1CNCc1ccc2c(c1)OCO2. The number of carbonyl (C=O) groups is 1. The molecule has 0 aliphatic carbocycles. The molecule has 5 heteroatoms. The first-order chi connectivity index (χ1) is 10.2. The molecule has 5 nitrogen and oxygen atoms in total. The third-order valence-corrected chi connectivity index (χ3v) is 3.33. The average Bonchev–Trinajstić information content (AvgIpc) is 2.95. The van der Waals surface area contributed by atoms with Crippen molar-refractivity contribution < 1.29 is 19.4 Å². The summed E-state index contributed by atoms with van der Waals surface area (Å²) in [4.78, 5) is 11.1. The van der Waals surface area contributed by atoms with Gasteiger partial charge < -0.3 is 19.9 Å². The molecule has 108 valence electrons. The fraction of sp³-hybridized carbons (Fsp3) is 0.188. The summed E-state index contributed by atoms with van der Waals surface area (Å²) >= 11 is 0.